The normalized spacial score (nSPS) is 11.2. The largest absolute Gasteiger partial charge is 0.489 e. The molecule has 0 fully saturated rings. The van der Waals surface area contributed by atoms with E-state index in [9.17, 15) is 30.7 Å². The second-order valence-corrected chi connectivity index (χ2v) is 7.37. The molecule has 0 N–H and O–H groups in total. The molecule has 0 spiro atoms. The Bertz CT molecular complexity index is 1410. The van der Waals surface area contributed by atoms with Crippen LogP contribution in [0, 0.1) is 29.1 Å². The maximum Gasteiger partial charge on any atom is 0.387 e. The number of hydrogen-bond donors (Lipinski definition) is 0. The number of benzene rings is 4. The summed E-state index contributed by atoms with van der Waals surface area (Å²) >= 11 is 0. The zero-order valence-corrected chi connectivity index (χ0v) is 17.7. The number of ether oxygens (including phenoxy) is 2. The quantitative estimate of drug-likeness (QED) is 0.192. The van der Waals surface area contributed by atoms with Crippen molar-refractivity contribution in [1.29, 1.82) is 0 Å². The summed E-state index contributed by atoms with van der Waals surface area (Å²) in [6, 6.07) is 9.88. The van der Waals surface area contributed by atoms with E-state index >= 15 is 0 Å². The Morgan fingerprint density at radius 2 is 1.46 bits per heavy atom. The topological polar surface area (TPSA) is 18.5 Å². The minimum atomic E-state index is -3.42. The van der Waals surface area contributed by atoms with Gasteiger partial charge in [0, 0.05) is 23.1 Å². The third-order valence-electron chi connectivity index (χ3n) is 5.15. The summed E-state index contributed by atoms with van der Waals surface area (Å²) in [6.45, 7) is 0.0647. The molecule has 0 unspecified atom stereocenters. The highest BCUT2D eigenvalue weighted by Crippen LogP contribution is 2.36. The van der Waals surface area contributed by atoms with Crippen LogP contribution in [-0.2, 0) is 0 Å². The van der Waals surface area contributed by atoms with E-state index in [-0.39, 0.29) is 39.8 Å². The monoisotopic (exact) mass is 492 g/mol. The van der Waals surface area contributed by atoms with Crippen LogP contribution in [0.3, 0.4) is 0 Å². The number of hydrogen-bond acceptors (Lipinski definition) is 2. The summed E-state index contributed by atoms with van der Waals surface area (Å²) in [5.41, 5.74) is -0.369. The maximum absolute atomic E-state index is 15.0. The van der Waals surface area contributed by atoms with Gasteiger partial charge in [-0.1, -0.05) is 36.9 Å². The molecule has 0 amide bonds. The van der Waals surface area contributed by atoms with Crippen molar-refractivity contribution in [3.05, 3.63) is 96.3 Å². The van der Waals surface area contributed by atoms with Gasteiger partial charge in [-0.05, 0) is 34.7 Å². The third-order valence-corrected chi connectivity index (χ3v) is 5.15. The molecular formula is C26H15F7O2. The van der Waals surface area contributed by atoms with Crippen molar-refractivity contribution in [2.75, 3.05) is 6.61 Å². The smallest absolute Gasteiger partial charge is 0.387 e. The summed E-state index contributed by atoms with van der Waals surface area (Å²) in [7, 11) is 0. The number of rotatable bonds is 7. The SMILES string of the molecule is C=CCOc1cc(F)c(-c2ccc(-c3ccc4c(F)c(OC(F)F)c(F)cc4c3)c(F)c2)c(F)c1. The zero-order valence-electron chi connectivity index (χ0n) is 17.7. The fourth-order valence-electron chi connectivity index (χ4n) is 3.64. The first-order valence-electron chi connectivity index (χ1n) is 10.1. The summed E-state index contributed by atoms with van der Waals surface area (Å²) in [6.07, 6.45) is 1.41. The molecule has 0 atom stereocenters. The molecule has 0 saturated carbocycles. The number of fused-ring (bicyclic) bond motifs is 1. The van der Waals surface area contributed by atoms with Crippen LogP contribution in [-0.4, -0.2) is 13.2 Å². The third kappa shape index (κ3) is 4.80. The van der Waals surface area contributed by atoms with Crippen LogP contribution in [0.2, 0.25) is 0 Å². The fraction of sp³-hybridized carbons (Fsp3) is 0.0769. The van der Waals surface area contributed by atoms with Crippen LogP contribution in [0.5, 0.6) is 11.5 Å². The van der Waals surface area contributed by atoms with Gasteiger partial charge in [-0.2, -0.15) is 8.78 Å². The second-order valence-electron chi connectivity index (χ2n) is 7.37. The first kappa shape index (κ1) is 24.1. The predicted octanol–water partition coefficient (Wildman–Crippen LogP) is 8.04. The van der Waals surface area contributed by atoms with Gasteiger partial charge >= 0.3 is 6.61 Å². The van der Waals surface area contributed by atoms with Gasteiger partial charge in [0.1, 0.15) is 29.8 Å². The van der Waals surface area contributed by atoms with E-state index in [1.165, 1.54) is 30.3 Å². The lowest BCUT2D eigenvalue weighted by Gasteiger charge is -2.12. The minimum Gasteiger partial charge on any atom is -0.489 e. The van der Waals surface area contributed by atoms with Crippen LogP contribution in [0.4, 0.5) is 30.7 Å². The van der Waals surface area contributed by atoms with Crippen molar-refractivity contribution >= 4 is 10.8 Å². The molecule has 2 nitrogen and oxygen atoms in total. The van der Waals surface area contributed by atoms with Gasteiger partial charge in [-0.25, -0.2) is 22.0 Å². The van der Waals surface area contributed by atoms with Crippen molar-refractivity contribution in [3.8, 4) is 33.8 Å². The first-order chi connectivity index (χ1) is 16.7. The number of halogens is 7. The molecule has 35 heavy (non-hydrogen) atoms. The highest BCUT2D eigenvalue weighted by molar-refractivity contribution is 5.89. The summed E-state index contributed by atoms with van der Waals surface area (Å²) in [5, 5.41) is -0.250. The maximum atomic E-state index is 15.0. The lowest BCUT2D eigenvalue weighted by atomic mass is 9.97. The Morgan fingerprint density at radius 3 is 2.09 bits per heavy atom. The summed E-state index contributed by atoms with van der Waals surface area (Å²) in [5.74, 6) is -6.74. The molecule has 4 aromatic carbocycles. The van der Waals surface area contributed by atoms with Gasteiger partial charge in [0.2, 0.25) is 0 Å². The van der Waals surface area contributed by atoms with Crippen LogP contribution in [0.1, 0.15) is 0 Å². The van der Waals surface area contributed by atoms with E-state index in [1.807, 2.05) is 0 Å². The molecule has 4 rings (SSSR count). The lowest BCUT2D eigenvalue weighted by Crippen LogP contribution is -2.06. The lowest BCUT2D eigenvalue weighted by molar-refractivity contribution is -0.0544. The Morgan fingerprint density at radius 1 is 0.771 bits per heavy atom. The van der Waals surface area contributed by atoms with E-state index in [0.717, 1.165) is 30.3 Å². The van der Waals surface area contributed by atoms with Crippen LogP contribution in [0.25, 0.3) is 33.0 Å². The molecule has 0 bridgehead atoms. The summed E-state index contributed by atoms with van der Waals surface area (Å²) < 4.78 is 107. The van der Waals surface area contributed by atoms with Gasteiger partial charge in [0.05, 0.1) is 5.56 Å². The van der Waals surface area contributed by atoms with Crippen LogP contribution in [0.15, 0.2) is 67.3 Å². The Hall–Kier alpha value is -4.01. The fourth-order valence-corrected chi connectivity index (χ4v) is 3.64. The van der Waals surface area contributed by atoms with Crippen molar-refractivity contribution in [2.45, 2.75) is 6.61 Å². The predicted molar refractivity (Wildman–Crippen MR) is 117 cm³/mol. The molecule has 0 saturated heterocycles. The van der Waals surface area contributed by atoms with E-state index < -0.39 is 47.0 Å². The molecule has 0 heterocycles. The zero-order chi connectivity index (χ0) is 25.3. The molecule has 0 aliphatic rings. The Labute approximate surface area is 194 Å². The van der Waals surface area contributed by atoms with Gasteiger partial charge in [0.25, 0.3) is 0 Å². The van der Waals surface area contributed by atoms with E-state index in [4.69, 9.17) is 4.74 Å². The molecule has 0 aliphatic carbocycles. The van der Waals surface area contributed by atoms with Gasteiger partial charge in [0.15, 0.2) is 17.4 Å². The average Bonchev–Trinajstić information content (AvgIpc) is 2.79. The highest BCUT2D eigenvalue weighted by atomic mass is 19.3. The van der Waals surface area contributed by atoms with Crippen molar-refractivity contribution in [2.24, 2.45) is 0 Å². The molecule has 180 valence electrons. The van der Waals surface area contributed by atoms with Gasteiger partial charge in [-0.15, -0.1) is 0 Å². The van der Waals surface area contributed by atoms with E-state index in [2.05, 4.69) is 11.3 Å². The Balaban J connectivity index is 1.72. The van der Waals surface area contributed by atoms with Gasteiger partial charge in [-0.3, -0.25) is 0 Å². The van der Waals surface area contributed by atoms with Crippen LogP contribution < -0.4 is 9.47 Å². The molecule has 0 aromatic heterocycles. The standard InChI is InChI=1S/C26H15F7O2/c1-2-7-34-16-11-20(28)23(21(29)12-16)14-4-5-17(19(27)9-14)13-3-6-18-15(8-13)10-22(30)25(24(18)31)35-26(32)33/h2-6,8-12,26H,1,7H2. The van der Waals surface area contributed by atoms with Gasteiger partial charge < -0.3 is 9.47 Å². The first-order valence-corrected chi connectivity index (χ1v) is 10.1. The second kappa shape index (κ2) is 9.69. The average molecular weight is 492 g/mol. The van der Waals surface area contributed by atoms with E-state index in [0.29, 0.717) is 0 Å². The summed E-state index contributed by atoms with van der Waals surface area (Å²) in [4.78, 5) is 0. The number of alkyl halides is 2. The van der Waals surface area contributed by atoms with Crippen LogP contribution >= 0.6 is 0 Å². The minimum absolute atomic E-state index is 0.0175. The molecule has 0 aliphatic heterocycles. The highest BCUT2D eigenvalue weighted by Gasteiger charge is 2.20. The molecular weight excluding hydrogens is 477 g/mol. The van der Waals surface area contributed by atoms with Crippen molar-refractivity contribution in [3.63, 3.8) is 0 Å². The van der Waals surface area contributed by atoms with E-state index in [1.54, 1.807) is 0 Å². The molecule has 4 aromatic rings. The Kier molecular flexibility index (Phi) is 6.68. The molecule has 9 heteroatoms. The molecule has 0 radical (unpaired) electrons. The van der Waals surface area contributed by atoms with Crippen molar-refractivity contribution in [1.82, 2.24) is 0 Å². The van der Waals surface area contributed by atoms with Crippen molar-refractivity contribution < 1.29 is 40.2 Å².